The lowest BCUT2D eigenvalue weighted by atomic mass is 10.1. The number of anilines is 1. The first-order chi connectivity index (χ1) is 14.0. The average Bonchev–Trinajstić information content (AvgIpc) is 3.16. The van der Waals surface area contributed by atoms with Crippen LogP contribution in [0.1, 0.15) is 22.0 Å². The molecule has 1 aromatic heterocycles. The Morgan fingerprint density at radius 2 is 2.00 bits per heavy atom. The van der Waals surface area contributed by atoms with E-state index in [0.717, 1.165) is 5.56 Å². The van der Waals surface area contributed by atoms with Crippen LogP contribution < -0.4 is 15.0 Å². The molecule has 148 valence electrons. The molecule has 9 heteroatoms. The predicted molar refractivity (Wildman–Crippen MR) is 102 cm³/mol. The number of hydrogen-bond acceptors (Lipinski definition) is 5. The van der Waals surface area contributed by atoms with E-state index in [4.69, 9.17) is 4.74 Å². The Morgan fingerprint density at radius 3 is 2.79 bits per heavy atom. The molecular weight excluding hydrogens is 377 g/mol. The number of carbonyl (C=O) groups excluding carboxylic acids is 2. The molecule has 0 saturated carbocycles. The molecular formula is C20H18FN5O3. The van der Waals surface area contributed by atoms with Gasteiger partial charge < -0.3 is 19.9 Å². The van der Waals surface area contributed by atoms with Gasteiger partial charge in [0.25, 0.3) is 11.8 Å². The number of halogens is 1. The van der Waals surface area contributed by atoms with Crippen molar-refractivity contribution in [3.8, 4) is 5.75 Å². The fraction of sp³-hybridized carbons (Fsp3) is 0.200. The lowest BCUT2D eigenvalue weighted by Gasteiger charge is -2.19. The number of ether oxygens (including phenoxy) is 1. The Morgan fingerprint density at radius 1 is 1.24 bits per heavy atom. The van der Waals surface area contributed by atoms with Crippen LogP contribution in [0.2, 0.25) is 0 Å². The summed E-state index contributed by atoms with van der Waals surface area (Å²) in [6.45, 7) is 0.00248. The van der Waals surface area contributed by atoms with Gasteiger partial charge in [0.15, 0.2) is 0 Å². The molecule has 8 nitrogen and oxygen atoms in total. The molecule has 0 spiro atoms. The maximum atomic E-state index is 13.0. The van der Waals surface area contributed by atoms with Crippen molar-refractivity contribution in [2.45, 2.75) is 12.5 Å². The third kappa shape index (κ3) is 3.93. The highest BCUT2D eigenvalue weighted by Gasteiger charge is 2.31. The van der Waals surface area contributed by atoms with Gasteiger partial charge in [-0.2, -0.15) is 0 Å². The first-order valence-electron chi connectivity index (χ1n) is 8.97. The lowest BCUT2D eigenvalue weighted by Crippen LogP contribution is -2.49. The fourth-order valence-electron chi connectivity index (χ4n) is 3.06. The molecule has 2 N–H and O–H groups in total. The number of benzene rings is 2. The van der Waals surface area contributed by atoms with Crippen molar-refractivity contribution in [1.29, 1.82) is 0 Å². The van der Waals surface area contributed by atoms with Gasteiger partial charge in [-0.1, -0.05) is 24.3 Å². The van der Waals surface area contributed by atoms with E-state index in [-0.39, 0.29) is 24.2 Å². The summed E-state index contributed by atoms with van der Waals surface area (Å²) in [6, 6.07) is 12.3. The number of para-hydroxylation sites is 2. The lowest BCUT2D eigenvalue weighted by molar-refractivity contribution is -0.120. The molecule has 2 amide bonds. The Bertz CT molecular complexity index is 1050. The zero-order valence-electron chi connectivity index (χ0n) is 15.6. The molecule has 1 aliphatic rings. The maximum absolute atomic E-state index is 13.0. The van der Waals surface area contributed by atoms with Crippen LogP contribution in [0.5, 0.6) is 5.75 Å². The van der Waals surface area contributed by atoms with Gasteiger partial charge in [-0.15, -0.1) is 10.2 Å². The van der Waals surface area contributed by atoms with Crippen LogP contribution in [-0.4, -0.2) is 46.7 Å². The van der Waals surface area contributed by atoms with Gasteiger partial charge in [-0.3, -0.25) is 9.59 Å². The number of amides is 2. The molecule has 0 fully saturated rings. The minimum atomic E-state index is -0.870. The average molecular weight is 395 g/mol. The number of fused-ring (bicyclic) bond motifs is 1. The Labute approximate surface area is 165 Å². The van der Waals surface area contributed by atoms with Crippen LogP contribution in [-0.2, 0) is 11.2 Å². The first kappa shape index (κ1) is 18.6. The molecule has 4 rings (SSSR count). The van der Waals surface area contributed by atoms with Crippen molar-refractivity contribution in [3.05, 3.63) is 71.6 Å². The summed E-state index contributed by atoms with van der Waals surface area (Å²) in [6.07, 6.45) is 0.365. The largest absolute Gasteiger partial charge is 0.489 e. The molecule has 1 atom stereocenters. The van der Waals surface area contributed by atoms with Crippen molar-refractivity contribution in [1.82, 2.24) is 20.5 Å². The number of rotatable bonds is 4. The van der Waals surface area contributed by atoms with Gasteiger partial charge in [0, 0.05) is 13.5 Å². The van der Waals surface area contributed by atoms with Gasteiger partial charge in [0.05, 0.1) is 5.69 Å². The smallest absolute Gasteiger partial charge is 0.289 e. The van der Waals surface area contributed by atoms with E-state index in [0.29, 0.717) is 23.7 Å². The summed E-state index contributed by atoms with van der Waals surface area (Å²) in [5, 5.41) is 10.4. The Balaban J connectivity index is 1.44. The molecule has 1 aliphatic heterocycles. The molecule has 29 heavy (non-hydrogen) atoms. The van der Waals surface area contributed by atoms with Crippen molar-refractivity contribution in [2.24, 2.45) is 0 Å². The Hall–Kier alpha value is -3.75. The van der Waals surface area contributed by atoms with Crippen LogP contribution in [0.25, 0.3) is 0 Å². The molecule has 0 bridgehead atoms. The van der Waals surface area contributed by atoms with Gasteiger partial charge >= 0.3 is 0 Å². The van der Waals surface area contributed by atoms with E-state index in [9.17, 15) is 14.0 Å². The molecule has 0 aliphatic carbocycles. The quantitative estimate of drug-likeness (QED) is 0.700. The first-order valence-corrected chi connectivity index (χ1v) is 8.97. The summed E-state index contributed by atoms with van der Waals surface area (Å²) in [7, 11) is 1.63. The fourth-order valence-corrected chi connectivity index (χ4v) is 3.06. The van der Waals surface area contributed by atoms with Crippen molar-refractivity contribution >= 4 is 17.5 Å². The topological polar surface area (TPSA) is 100 Å². The van der Waals surface area contributed by atoms with Crippen LogP contribution in [0.3, 0.4) is 0 Å². The van der Waals surface area contributed by atoms with Crippen molar-refractivity contribution < 1.29 is 18.7 Å². The van der Waals surface area contributed by atoms with E-state index < -0.39 is 11.9 Å². The van der Waals surface area contributed by atoms with Gasteiger partial charge in [0.1, 0.15) is 30.0 Å². The number of carbonyl (C=O) groups is 2. The molecule has 3 aromatic rings. The second-order valence-corrected chi connectivity index (χ2v) is 6.63. The monoisotopic (exact) mass is 395 g/mol. The normalized spacial score (nSPS) is 16.0. The molecule has 0 unspecified atom stereocenters. The second-order valence-electron chi connectivity index (χ2n) is 6.63. The molecule has 2 aromatic carbocycles. The summed E-state index contributed by atoms with van der Waals surface area (Å²) in [4.78, 5) is 29.5. The summed E-state index contributed by atoms with van der Waals surface area (Å²) >= 11 is 0. The van der Waals surface area contributed by atoms with E-state index in [1.54, 1.807) is 31.3 Å². The highest BCUT2D eigenvalue weighted by Crippen LogP contribution is 2.29. The van der Waals surface area contributed by atoms with E-state index in [1.165, 1.54) is 17.0 Å². The third-order valence-electron chi connectivity index (χ3n) is 4.60. The second kappa shape index (κ2) is 7.70. The minimum Gasteiger partial charge on any atom is -0.489 e. The molecule has 0 radical (unpaired) electrons. The maximum Gasteiger partial charge on any atom is 0.289 e. The third-order valence-corrected chi connectivity index (χ3v) is 4.60. The Kier molecular flexibility index (Phi) is 4.94. The number of H-pyrrole nitrogens is 1. The number of nitrogens with zero attached hydrogens (tertiary/aromatic N) is 3. The zero-order chi connectivity index (χ0) is 20.4. The molecule has 2 heterocycles. The van der Waals surface area contributed by atoms with E-state index in [1.807, 2.05) is 12.1 Å². The molecule has 0 saturated heterocycles. The van der Waals surface area contributed by atoms with Gasteiger partial charge in [-0.05, 0) is 29.8 Å². The predicted octanol–water partition coefficient (Wildman–Crippen LogP) is 1.69. The number of hydrogen-bond donors (Lipinski definition) is 2. The van der Waals surface area contributed by atoms with Crippen LogP contribution in [0.4, 0.5) is 10.1 Å². The van der Waals surface area contributed by atoms with E-state index >= 15 is 0 Å². The van der Waals surface area contributed by atoms with Gasteiger partial charge in [0.2, 0.25) is 5.82 Å². The summed E-state index contributed by atoms with van der Waals surface area (Å²) in [5.74, 6) is -0.178. The van der Waals surface area contributed by atoms with Gasteiger partial charge in [-0.25, -0.2) is 4.39 Å². The van der Waals surface area contributed by atoms with E-state index in [2.05, 4.69) is 20.5 Å². The van der Waals surface area contributed by atoms with Crippen LogP contribution in [0.15, 0.2) is 48.5 Å². The highest BCUT2D eigenvalue weighted by molar-refractivity contribution is 6.02. The summed E-state index contributed by atoms with van der Waals surface area (Å²) in [5.41, 5.74) is 1.46. The van der Waals surface area contributed by atoms with Crippen molar-refractivity contribution in [2.75, 3.05) is 18.6 Å². The number of aromatic nitrogens is 3. The SMILES string of the molecule is CN1C(=O)[C@H](NC(=O)c2nnc(Cc3ccc(F)cc3)[nH]2)COc2ccccc21. The van der Waals surface area contributed by atoms with Crippen LogP contribution in [0, 0.1) is 5.82 Å². The zero-order valence-corrected chi connectivity index (χ0v) is 15.6. The number of nitrogens with one attached hydrogen (secondary N) is 2. The van der Waals surface area contributed by atoms with Crippen LogP contribution >= 0.6 is 0 Å². The van der Waals surface area contributed by atoms with Crippen molar-refractivity contribution in [3.63, 3.8) is 0 Å². The minimum absolute atomic E-state index is 0.00248. The highest BCUT2D eigenvalue weighted by atomic mass is 19.1. The number of aromatic amines is 1. The standard InChI is InChI=1S/C20H18FN5O3/c1-26-15-4-2-3-5-16(15)29-11-14(20(26)28)22-19(27)18-23-17(24-25-18)10-12-6-8-13(21)9-7-12/h2-9,14H,10-11H2,1H3,(H,22,27)(H,23,24,25)/t14-/m1/s1. The summed E-state index contributed by atoms with van der Waals surface area (Å²) < 4.78 is 18.7. The number of likely N-dealkylation sites (N-methyl/N-ethyl adjacent to an activating group) is 1.